The zero-order valence-electron chi connectivity index (χ0n) is 9.97. The first-order valence-corrected chi connectivity index (χ1v) is 5.70. The summed E-state index contributed by atoms with van der Waals surface area (Å²) in [6.07, 6.45) is 3.30. The zero-order valence-corrected chi connectivity index (χ0v) is 9.97. The van der Waals surface area contributed by atoms with Crippen LogP contribution < -0.4 is 5.32 Å². The number of hydrogen-bond acceptors (Lipinski definition) is 1. The van der Waals surface area contributed by atoms with Crippen molar-refractivity contribution in [3.63, 3.8) is 0 Å². The van der Waals surface area contributed by atoms with Crippen molar-refractivity contribution in [2.45, 2.75) is 0 Å². The Labute approximate surface area is 107 Å². The number of carbonyl (C=O) groups excluding carboxylic acids is 1. The van der Waals surface area contributed by atoms with Gasteiger partial charge in [0, 0.05) is 11.8 Å². The molecular formula is C16H14NO. The summed E-state index contributed by atoms with van der Waals surface area (Å²) in [4.78, 5) is 11.7. The third kappa shape index (κ3) is 3.59. The highest BCUT2D eigenvalue weighted by molar-refractivity contribution is 6.01. The van der Waals surface area contributed by atoms with Gasteiger partial charge in [0.25, 0.3) is 0 Å². The van der Waals surface area contributed by atoms with Crippen molar-refractivity contribution in [1.82, 2.24) is 0 Å². The van der Waals surface area contributed by atoms with Crippen molar-refractivity contribution >= 4 is 17.7 Å². The Morgan fingerprint density at radius 2 is 1.67 bits per heavy atom. The lowest BCUT2D eigenvalue weighted by molar-refractivity contribution is -0.111. The van der Waals surface area contributed by atoms with Crippen molar-refractivity contribution in [2.75, 3.05) is 5.32 Å². The normalized spacial score (nSPS) is 10.5. The second-order valence-corrected chi connectivity index (χ2v) is 3.93. The predicted molar refractivity (Wildman–Crippen MR) is 75.0 cm³/mol. The SMILES string of the molecule is [CH2]c1ccc(NC(=O)C=Cc2ccccc2)cc1. The molecule has 1 amide bonds. The maximum atomic E-state index is 11.7. The van der Waals surface area contributed by atoms with Crippen LogP contribution in [0.15, 0.2) is 60.7 Å². The zero-order chi connectivity index (χ0) is 12.8. The minimum atomic E-state index is -0.143. The van der Waals surface area contributed by atoms with Crippen molar-refractivity contribution < 1.29 is 4.79 Å². The van der Waals surface area contributed by atoms with Crippen LogP contribution in [0.5, 0.6) is 0 Å². The molecule has 1 N–H and O–H groups in total. The summed E-state index contributed by atoms with van der Waals surface area (Å²) >= 11 is 0. The van der Waals surface area contributed by atoms with Gasteiger partial charge in [-0.2, -0.15) is 0 Å². The molecule has 2 aromatic carbocycles. The average Bonchev–Trinajstić information content (AvgIpc) is 2.40. The molecule has 0 bridgehead atoms. The summed E-state index contributed by atoms with van der Waals surface area (Å²) in [7, 11) is 0. The molecule has 1 radical (unpaired) electrons. The van der Waals surface area contributed by atoms with E-state index >= 15 is 0 Å². The Morgan fingerprint density at radius 3 is 2.33 bits per heavy atom. The summed E-state index contributed by atoms with van der Waals surface area (Å²) in [6, 6.07) is 17.1. The van der Waals surface area contributed by atoms with Crippen LogP contribution in [0.1, 0.15) is 11.1 Å². The largest absolute Gasteiger partial charge is 0.323 e. The maximum Gasteiger partial charge on any atom is 0.248 e. The van der Waals surface area contributed by atoms with Gasteiger partial charge in [-0.1, -0.05) is 42.5 Å². The Hall–Kier alpha value is -2.35. The van der Waals surface area contributed by atoms with Crippen LogP contribution in [0.3, 0.4) is 0 Å². The van der Waals surface area contributed by atoms with Gasteiger partial charge in [-0.15, -0.1) is 0 Å². The van der Waals surface area contributed by atoms with Crippen LogP contribution in [0.4, 0.5) is 5.69 Å². The molecule has 0 aliphatic heterocycles. The van der Waals surface area contributed by atoms with E-state index in [9.17, 15) is 4.79 Å². The highest BCUT2D eigenvalue weighted by Crippen LogP contribution is 2.09. The lowest BCUT2D eigenvalue weighted by Crippen LogP contribution is -2.07. The number of benzene rings is 2. The highest BCUT2D eigenvalue weighted by atomic mass is 16.1. The van der Waals surface area contributed by atoms with E-state index < -0.39 is 0 Å². The summed E-state index contributed by atoms with van der Waals surface area (Å²) in [5.74, 6) is -0.143. The molecule has 0 aromatic heterocycles. The molecule has 0 saturated carbocycles. The first-order chi connectivity index (χ1) is 8.74. The number of nitrogens with one attached hydrogen (secondary N) is 1. The molecule has 89 valence electrons. The molecule has 0 aliphatic rings. The smallest absolute Gasteiger partial charge is 0.248 e. The molecule has 0 heterocycles. The van der Waals surface area contributed by atoms with Crippen molar-refractivity contribution in [1.29, 1.82) is 0 Å². The average molecular weight is 236 g/mol. The van der Waals surface area contributed by atoms with Gasteiger partial charge in [0.1, 0.15) is 0 Å². The van der Waals surface area contributed by atoms with Gasteiger partial charge in [0.15, 0.2) is 0 Å². The van der Waals surface area contributed by atoms with Gasteiger partial charge in [-0.3, -0.25) is 4.79 Å². The molecular weight excluding hydrogens is 222 g/mol. The van der Waals surface area contributed by atoms with Gasteiger partial charge in [-0.25, -0.2) is 0 Å². The molecule has 2 heteroatoms. The minimum Gasteiger partial charge on any atom is -0.323 e. The number of rotatable bonds is 3. The second-order valence-electron chi connectivity index (χ2n) is 3.93. The van der Waals surface area contributed by atoms with Crippen LogP contribution in [-0.2, 0) is 4.79 Å². The Morgan fingerprint density at radius 1 is 1.00 bits per heavy atom. The topological polar surface area (TPSA) is 29.1 Å². The first-order valence-electron chi connectivity index (χ1n) is 5.70. The van der Waals surface area contributed by atoms with E-state index in [1.165, 1.54) is 6.08 Å². The molecule has 0 saturated heterocycles. The summed E-state index contributed by atoms with van der Waals surface area (Å²) in [5.41, 5.74) is 2.69. The Balaban J connectivity index is 1.97. The summed E-state index contributed by atoms with van der Waals surface area (Å²) in [6.45, 7) is 3.79. The second kappa shape index (κ2) is 5.82. The number of hydrogen-bond donors (Lipinski definition) is 1. The van der Waals surface area contributed by atoms with Gasteiger partial charge in [0.05, 0.1) is 0 Å². The van der Waals surface area contributed by atoms with Crippen LogP contribution >= 0.6 is 0 Å². The van der Waals surface area contributed by atoms with Crippen LogP contribution in [0.2, 0.25) is 0 Å². The first kappa shape index (κ1) is 12.1. The van der Waals surface area contributed by atoms with E-state index in [1.54, 1.807) is 6.08 Å². The van der Waals surface area contributed by atoms with E-state index in [-0.39, 0.29) is 5.91 Å². The lowest BCUT2D eigenvalue weighted by atomic mass is 10.2. The fraction of sp³-hybridized carbons (Fsp3) is 0. The third-order valence-corrected chi connectivity index (χ3v) is 2.45. The molecule has 0 atom stereocenters. The minimum absolute atomic E-state index is 0.143. The number of anilines is 1. The van der Waals surface area contributed by atoms with Gasteiger partial charge >= 0.3 is 0 Å². The Bertz CT molecular complexity index is 541. The fourth-order valence-electron chi connectivity index (χ4n) is 1.51. The summed E-state index contributed by atoms with van der Waals surface area (Å²) in [5, 5.41) is 2.79. The Kier molecular flexibility index (Phi) is 3.92. The number of amides is 1. The van der Waals surface area contributed by atoms with Crippen molar-refractivity contribution in [2.24, 2.45) is 0 Å². The third-order valence-electron chi connectivity index (χ3n) is 2.45. The van der Waals surface area contributed by atoms with Gasteiger partial charge < -0.3 is 5.32 Å². The molecule has 2 nitrogen and oxygen atoms in total. The van der Waals surface area contributed by atoms with E-state index in [4.69, 9.17) is 0 Å². The molecule has 2 rings (SSSR count). The highest BCUT2D eigenvalue weighted by Gasteiger charge is 1.96. The van der Waals surface area contributed by atoms with Crippen molar-refractivity contribution in [3.05, 3.63) is 78.7 Å². The van der Waals surface area contributed by atoms with Crippen LogP contribution in [-0.4, -0.2) is 5.91 Å². The predicted octanol–water partition coefficient (Wildman–Crippen LogP) is 3.52. The van der Waals surface area contributed by atoms with E-state index in [0.717, 1.165) is 16.8 Å². The molecule has 18 heavy (non-hydrogen) atoms. The lowest BCUT2D eigenvalue weighted by Gasteiger charge is -2.02. The van der Waals surface area contributed by atoms with Gasteiger partial charge in [-0.05, 0) is 36.3 Å². The van der Waals surface area contributed by atoms with Crippen LogP contribution in [0.25, 0.3) is 6.08 Å². The van der Waals surface area contributed by atoms with E-state index in [0.29, 0.717) is 0 Å². The maximum absolute atomic E-state index is 11.7. The van der Waals surface area contributed by atoms with E-state index in [1.807, 2.05) is 54.6 Å². The molecule has 0 fully saturated rings. The molecule has 2 aromatic rings. The van der Waals surface area contributed by atoms with Gasteiger partial charge in [0.2, 0.25) is 5.91 Å². The number of carbonyl (C=O) groups is 1. The standard InChI is InChI=1S/C16H14NO/c1-13-7-10-15(11-8-13)17-16(18)12-9-14-5-3-2-4-6-14/h2-12H,1H2,(H,17,18). The fourth-order valence-corrected chi connectivity index (χ4v) is 1.51. The molecule has 0 spiro atoms. The summed E-state index contributed by atoms with van der Waals surface area (Å²) < 4.78 is 0. The van der Waals surface area contributed by atoms with Crippen LogP contribution in [0, 0.1) is 6.92 Å². The van der Waals surface area contributed by atoms with Crippen molar-refractivity contribution in [3.8, 4) is 0 Å². The monoisotopic (exact) mass is 236 g/mol. The van der Waals surface area contributed by atoms with E-state index in [2.05, 4.69) is 12.2 Å². The molecule has 0 unspecified atom stereocenters. The molecule has 0 aliphatic carbocycles. The quantitative estimate of drug-likeness (QED) is 0.812.